The second-order valence-electron chi connectivity index (χ2n) is 14.7. The largest absolute Gasteiger partial charge is 0.278 e. The molecule has 56 heavy (non-hydrogen) atoms. The molecule has 2 aromatic heterocycles. The molecule has 0 radical (unpaired) electrons. The van der Waals surface area contributed by atoms with Gasteiger partial charge in [-0.3, -0.25) is 4.57 Å². The molecule has 0 aliphatic heterocycles. The van der Waals surface area contributed by atoms with Gasteiger partial charge in [-0.15, -0.1) is 0 Å². The molecule has 2 aliphatic rings. The average Bonchev–Trinajstić information content (AvgIpc) is 3.87. The lowest BCUT2D eigenvalue weighted by atomic mass is 9.70. The molecule has 0 unspecified atom stereocenters. The summed E-state index contributed by atoms with van der Waals surface area (Å²) < 4.78 is 2.25. The van der Waals surface area contributed by atoms with Gasteiger partial charge in [0.05, 0.1) is 16.4 Å². The van der Waals surface area contributed by atoms with Crippen molar-refractivity contribution in [3.05, 3.63) is 216 Å². The number of aromatic nitrogens is 4. The summed E-state index contributed by atoms with van der Waals surface area (Å²) >= 11 is 0. The molecule has 2 heterocycles. The molecule has 0 atom stereocenters. The number of hydrogen-bond acceptors (Lipinski definition) is 3. The first-order valence-corrected chi connectivity index (χ1v) is 19.1. The average molecular weight is 713 g/mol. The van der Waals surface area contributed by atoms with Crippen LogP contribution in [-0.2, 0) is 5.41 Å². The van der Waals surface area contributed by atoms with Crippen LogP contribution in [0.1, 0.15) is 22.3 Å². The minimum Gasteiger partial charge on any atom is -0.278 e. The summed E-state index contributed by atoms with van der Waals surface area (Å²) in [6.45, 7) is 0. The molecule has 4 nitrogen and oxygen atoms in total. The molecule has 4 heteroatoms. The van der Waals surface area contributed by atoms with Gasteiger partial charge >= 0.3 is 0 Å². The summed E-state index contributed by atoms with van der Waals surface area (Å²) in [7, 11) is 0. The van der Waals surface area contributed by atoms with Crippen molar-refractivity contribution in [3.8, 4) is 62.1 Å². The normalized spacial score (nSPS) is 13.1. The molecular weight excluding hydrogens is 681 g/mol. The van der Waals surface area contributed by atoms with E-state index in [0.717, 1.165) is 33.1 Å². The van der Waals surface area contributed by atoms with Gasteiger partial charge in [0.1, 0.15) is 0 Å². The number of fused-ring (bicyclic) bond motifs is 13. The molecule has 8 aromatic carbocycles. The number of rotatable bonds is 4. The third-order valence-corrected chi connectivity index (χ3v) is 11.9. The Morgan fingerprint density at radius 3 is 1.41 bits per heavy atom. The summed E-state index contributed by atoms with van der Waals surface area (Å²) in [5, 5.41) is 2.33. The molecule has 2 aliphatic carbocycles. The second-order valence-corrected chi connectivity index (χ2v) is 14.7. The van der Waals surface area contributed by atoms with Gasteiger partial charge in [-0.1, -0.05) is 176 Å². The Morgan fingerprint density at radius 1 is 0.321 bits per heavy atom. The van der Waals surface area contributed by atoms with Crippen molar-refractivity contribution in [1.82, 2.24) is 19.5 Å². The number of para-hydroxylation sites is 1. The quantitative estimate of drug-likeness (QED) is 0.182. The van der Waals surface area contributed by atoms with E-state index in [-0.39, 0.29) is 0 Å². The maximum atomic E-state index is 5.31. The molecule has 0 amide bonds. The highest BCUT2D eigenvalue weighted by Crippen LogP contribution is 2.63. The van der Waals surface area contributed by atoms with E-state index in [2.05, 4.69) is 174 Å². The van der Waals surface area contributed by atoms with Crippen LogP contribution < -0.4 is 0 Å². The van der Waals surface area contributed by atoms with Crippen LogP contribution in [0.3, 0.4) is 0 Å². The number of nitrogens with zero attached hydrogens (tertiary/aromatic N) is 4. The maximum absolute atomic E-state index is 5.31. The van der Waals surface area contributed by atoms with Crippen LogP contribution in [0.2, 0.25) is 0 Å². The van der Waals surface area contributed by atoms with Crippen molar-refractivity contribution in [2.45, 2.75) is 5.41 Å². The van der Waals surface area contributed by atoms with Crippen LogP contribution in [0.5, 0.6) is 0 Å². The van der Waals surface area contributed by atoms with E-state index in [1.54, 1.807) is 0 Å². The fraction of sp³-hybridized carbons (Fsp3) is 0.0192. The van der Waals surface area contributed by atoms with E-state index >= 15 is 0 Å². The lowest BCUT2D eigenvalue weighted by Crippen LogP contribution is -2.25. The van der Waals surface area contributed by atoms with Crippen LogP contribution in [0.4, 0.5) is 0 Å². The van der Waals surface area contributed by atoms with Crippen molar-refractivity contribution in [2.75, 3.05) is 0 Å². The van der Waals surface area contributed by atoms with E-state index in [9.17, 15) is 0 Å². The van der Waals surface area contributed by atoms with Gasteiger partial charge in [0.25, 0.3) is 0 Å². The minimum absolute atomic E-state index is 0.464. The summed E-state index contributed by atoms with van der Waals surface area (Å²) in [4.78, 5) is 15.7. The van der Waals surface area contributed by atoms with Crippen LogP contribution >= 0.6 is 0 Å². The van der Waals surface area contributed by atoms with Gasteiger partial charge in [0.15, 0.2) is 11.6 Å². The lowest BCUT2D eigenvalue weighted by molar-refractivity contribution is 0.794. The molecule has 0 saturated heterocycles. The highest BCUT2D eigenvalue weighted by Gasteiger charge is 2.51. The van der Waals surface area contributed by atoms with Gasteiger partial charge in [-0.2, -0.15) is 9.97 Å². The summed E-state index contributed by atoms with van der Waals surface area (Å²) in [6, 6.07) is 69.6. The van der Waals surface area contributed by atoms with E-state index in [4.69, 9.17) is 15.0 Å². The van der Waals surface area contributed by atoms with Crippen LogP contribution in [0.15, 0.2) is 194 Å². The first kappa shape index (κ1) is 31.0. The molecule has 260 valence electrons. The zero-order valence-electron chi connectivity index (χ0n) is 30.3. The van der Waals surface area contributed by atoms with E-state index in [0.29, 0.717) is 17.6 Å². The Labute approximate surface area is 324 Å². The summed E-state index contributed by atoms with van der Waals surface area (Å²) in [5.41, 5.74) is 16.2. The fourth-order valence-electron chi connectivity index (χ4n) is 9.52. The Kier molecular flexibility index (Phi) is 6.52. The monoisotopic (exact) mass is 712 g/mol. The topological polar surface area (TPSA) is 43.6 Å². The molecule has 0 N–H and O–H groups in total. The standard InChI is InChI=1S/C52H32N4/c1-3-15-33(16-4-1)34-27-29-36(30-28-34)50-53-49(35-17-5-2-6-18-35)54-51(55-50)56-47-26-14-10-22-40(47)42-31-41-39-21-9-13-25-45(39)52(46(41)32-48(42)56)43-23-11-7-19-37(43)38-20-8-12-24-44(38)52/h1-32H. The maximum Gasteiger partial charge on any atom is 0.238 e. The van der Waals surface area contributed by atoms with E-state index in [1.807, 2.05) is 24.3 Å². The number of benzene rings is 8. The van der Waals surface area contributed by atoms with E-state index in [1.165, 1.54) is 55.5 Å². The first-order valence-electron chi connectivity index (χ1n) is 19.1. The molecule has 12 rings (SSSR count). The first-order chi connectivity index (χ1) is 27.8. The molecule has 0 saturated carbocycles. The highest BCUT2D eigenvalue weighted by atomic mass is 15.2. The van der Waals surface area contributed by atoms with Crippen LogP contribution in [0, 0.1) is 0 Å². The van der Waals surface area contributed by atoms with Crippen LogP contribution in [0.25, 0.3) is 83.9 Å². The lowest BCUT2D eigenvalue weighted by Gasteiger charge is -2.30. The fourth-order valence-corrected chi connectivity index (χ4v) is 9.52. The molecule has 0 bridgehead atoms. The Bertz CT molecular complexity index is 3130. The summed E-state index contributed by atoms with van der Waals surface area (Å²) in [5.74, 6) is 1.85. The third kappa shape index (κ3) is 4.27. The highest BCUT2D eigenvalue weighted by molar-refractivity contribution is 6.12. The predicted octanol–water partition coefficient (Wildman–Crippen LogP) is 12.3. The minimum atomic E-state index is -0.464. The van der Waals surface area contributed by atoms with Crippen molar-refractivity contribution in [3.63, 3.8) is 0 Å². The van der Waals surface area contributed by atoms with Gasteiger partial charge in [-0.25, -0.2) is 4.98 Å². The van der Waals surface area contributed by atoms with Gasteiger partial charge in [0, 0.05) is 21.9 Å². The second kappa shape index (κ2) is 11.8. The zero-order valence-corrected chi connectivity index (χ0v) is 30.3. The molecule has 10 aromatic rings. The Balaban J connectivity index is 1.15. The van der Waals surface area contributed by atoms with Gasteiger partial charge < -0.3 is 0 Å². The van der Waals surface area contributed by atoms with Crippen LogP contribution in [-0.4, -0.2) is 19.5 Å². The van der Waals surface area contributed by atoms with Crippen molar-refractivity contribution >= 4 is 21.8 Å². The SMILES string of the molecule is c1ccc(-c2ccc(-c3nc(-c4ccccc4)nc(-n4c5ccccc5c5cc6c(cc54)C4(c5ccccc5-c5ccccc54)c4ccccc4-6)n3)cc2)cc1. The molecule has 0 fully saturated rings. The van der Waals surface area contributed by atoms with Gasteiger partial charge in [0.2, 0.25) is 5.95 Å². The summed E-state index contributed by atoms with van der Waals surface area (Å²) in [6.07, 6.45) is 0. The third-order valence-electron chi connectivity index (χ3n) is 11.9. The van der Waals surface area contributed by atoms with Crippen molar-refractivity contribution < 1.29 is 0 Å². The van der Waals surface area contributed by atoms with E-state index < -0.39 is 5.41 Å². The van der Waals surface area contributed by atoms with Gasteiger partial charge in [-0.05, 0) is 73.8 Å². The Hall–Kier alpha value is -7.43. The molecule has 1 spiro atoms. The smallest absolute Gasteiger partial charge is 0.238 e. The molecular formula is C52H32N4. The Morgan fingerprint density at radius 2 is 0.786 bits per heavy atom. The number of hydrogen-bond donors (Lipinski definition) is 0. The predicted molar refractivity (Wildman–Crippen MR) is 227 cm³/mol. The van der Waals surface area contributed by atoms with Crippen molar-refractivity contribution in [2.24, 2.45) is 0 Å². The van der Waals surface area contributed by atoms with Crippen molar-refractivity contribution in [1.29, 1.82) is 0 Å². The zero-order chi connectivity index (χ0) is 36.8.